The van der Waals surface area contributed by atoms with Crippen molar-refractivity contribution in [2.24, 2.45) is 7.05 Å². The summed E-state index contributed by atoms with van der Waals surface area (Å²) in [5.41, 5.74) is 1.14. The number of rotatable bonds is 4. The van der Waals surface area contributed by atoms with E-state index in [1.807, 2.05) is 4.72 Å². The summed E-state index contributed by atoms with van der Waals surface area (Å²) in [5, 5.41) is 4.20. The van der Waals surface area contributed by atoms with Gasteiger partial charge in [0.1, 0.15) is 5.69 Å². The smallest absolute Gasteiger partial charge is 0.303 e. The Hall–Kier alpha value is -1.81. The van der Waals surface area contributed by atoms with Crippen LogP contribution in [0.1, 0.15) is 17.4 Å². The minimum Gasteiger partial charge on any atom is -0.345 e. The molecule has 0 unspecified atom stereocenters. The van der Waals surface area contributed by atoms with Crippen molar-refractivity contribution in [1.29, 1.82) is 0 Å². The number of aryl methyl sites for hydroxylation is 1. The highest BCUT2D eigenvalue weighted by Gasteiger charge is 2.37. The summed E-state index contributed by atoms with van der Waals surface area (Å²) in [4.78, 5) is 23.4. The second kappa shape index (κ2) is 6.73. The minimum absolute atomic E-state index is 0.0882. The van der Waals surface area contributed by atoms with Gasteiger partial charge in [-0.2, -0.15) is 12.7 Å². The molecule has 1 aromatic carbocycles. The number of nitrogens with zero attached hydrogens (tertiary/aromatic N) is 2. The van der Waals surface area contributed by atoms with Crippen molar-refractivity contribution in [3.63, 3.8) is 0 Å². The average molecular weight is 419 g/mol. The van der Waals surface area contributed by atoms with Gasteiger partial charge in [0.25, 0.3) is 5.91 Å². The van der Waals surface area contributed by atoms with Crippen molar-refractivity contribution >= 4 is 56.1 Å². The largest absolute Gasteiger partial charge is 0.345 e. The Labute approximate surface area is 160 Å². The van der Waals surface area contributed by atoms with Crippen molar-refractivity contribution < 1.29 is 18.0 Å². The summed E-state index contributed by atoms with van der Waals surface area (Å²) in [7, 11) is -2.12. The van der Waals surface area contributed by atoms with Gasteiger partial charge in [-0.05, 0) is 18.2 Å². The van der Waals surface area contributed by atoms with E-state index in [-0.39, 0.29) is 25.0 Å². The van der Waals surface area contributed by atoms with E-state index >= 15 is 0 Å². The van der Waals surface area contributed by atoms with Crippen LogP contribution in [0, 0.1) is 0 Å². The average Bonchev–Trinajstić information content (AvgIpc) is 2.82. The van der Waals surface area contributed by atoms with Gasteiger partial charge >= 0.3 is 10.2 Å². The Bertz CT molecular complexity index is 1010. The van der Waals surface area contributed by atoms with Crippen LogP contribution in [-0.2, 0) is 22.1 Å². The standard InChI is InChI=1S/C15H16Cl2N4O4S/c1-8(22)19-26(24,25)21-6-9(7-21)18-15(23)13-5-10-12(20(13)2)4-3-11(16)14(10)17/h3-5,9H,6-7H2,1-2H3,(H,18,23)(H,19,22). The zero-order chi connectivity index (χ0) is 19.2. The van der Waals surface area contributed by atoms with Crippen molar-refractivity contribution in [3.05, 3.63) is 33.9 Å². The fourth-order valence-electron chi connectivity index (χ4n) is 2.80. The molecule has 0 aliphatic carbocycles. The van der Waals surface area contributed by atoms with Gasteiger partial charge in [0.2, 0.25) is 5.91 Å². The fourth-order valence-corrected chi connectivity index (χ4v) is 4.42. The van der Waals surface area contributed by atoms with Gasteiger partial charge in [0.15, 0.2) is 0 Å². The third-order valence-corrected chi connectivity index (χ3v) is 6.48. The summed E-state index contributed by atoms with van der Waals surface area (Å²) in [6.07, 6.45) is 0. The third kappa shape index (κ3) is 3.39. The molecule has 3 rings (SSSR count). The van der Waals surface area contributed by atoms with Crippen LogP contribution >= 0.6 is 23.2 Å². The van der Waals surface area contributed by atoms with Crippen molar-refractivity contribution in [3.8, 4) is 0 Å². The molecule has 0 radical (unpaired) electrons. The van der Waals surface area contributed by atoms with Gasteiger partial charge < -0.3 is 9.88 Å². The number of amides is 2. The predicted octanol–water partition coefficient (Wildman–Crippen LogP) is 1.28. The molecular formula is C15H16Cl2N4O4S. The number of carbonyl (C=O) groups excluding carboxylic acids is 2. The Kier molecular flexibility index (Phi) is 4.91. The van der Waals surface area contributed by atoms with Gasteiger partial charge in [0, 0.05) is 38.0 Å². The second-order valence-electron chi connectivity index (χ2n) is 6.03. The minimum atomic E-state index is -3.85. The molecule has 0 saturated carbocycles. The van der Waals surface area contributed by atoms with Crippen molar-refractivity contribution in [2.45, 2.75) is 13.0 Å². The number of hydrogen-bond acceptors (Lipinski definition) is 4. The molecule has 26 heavy (non-hydrogen) atoms. The van der Waals surface area contributed by atoms with E-state index in [1.165, 1.54) is 0 Å². The van der Waals surface area contributed by atoms with Crippen LogP contribution in [0.5, 0.6) is 0 Å². The quantitative estimate of drug-likeness (QED) is 0.780. The first kappa shape index (κ1) is 19.0. The van der Waals surface area contributed by atoms with Gasteiger partial charge in [-0.3, -0.25) is 9.59 Å². The molecule has 0 spiro atoms. The van der Waals surface area contributed by atoms with Crippen LogP contribution in [0.4, 0.5) is 0 Å². The summed E-state index contributed by atoms with van der Waals surface area (Å²) in [6, 6.07) is 4.72. The SMILES string of the molecule is CC(=O)NS(=O)(=O)N1CC(NC(=O)c2cc3c(Cl)c(Cl)ccc3n2C)C1. The summed E-state index contributed by atoms with van der Waals surface area (Å²) < 4.78 is 28.3. The molecule has 2 aromatic rings. The molecule has 11 heteroatoms. The number of carbonyl (C=O) groups is 2. The second-order valence-corrected chi connectivity index (χ2v) is 8.49. The van der Waals surface area contributed by atoms with E-state index in [2.05, 4.69) is 5.32 Å². The van der Waals surface area contributed by atoms with Crippen LogP contribution < -0.4 is 10.0 Å². The normalized spacial score (nSPS) is 15.7. The molecule has 8 nitrogen and oxygen atoms in total. The maximum Gasteiger partial charge on any atom is 0.303 e. The summed E-state index contributed by atoms with van der Waals surface area (Å²) >= 11 is 12.2. The first-order valence-electron chi connectivity index (χ1n) is 7.63. The molecule has 1 fully saturated rings. The topological polar surface area (TPSA) is 101 Å². The predicted molar refractivity (Wildman–Crippen MR) is 98.5 cm³/mol. The Morgan fingerprint density at radius 2 is 1.88 bits per heavy atom. The number of halogens is 2. The summed E-state index contributed by atoms with van der Waals surface area (Å²) in [6.45, 7) is 1.30. The van der Waals surface area contributed by atoms with Crippen molar-refractivity contribution in [1.82, 2.24) is 18.9 Å². The highest BCUT2D eigenvalue weighted by molar-refractivity contribution is 7.87. The molecule has 2 heterocycles. The Morgan fingerprint density at radius 1 is 1.23 bits per heavy atom. The Morgan fingerprint density at radius 3 is 2.50 bits per heavy atom. The van der Waals surface area contributed by atoms with E-state index in [0.717, 1.165) is 16.7 Å². The van der Waals surface area contributed by atoms with Crippen LogP contribution in [0.15, 0.2) is 18.2 Å². The van der Waals surface area contributed by atoms with Crippen LogP contribution in [0.3, 0.4) is 0 Å². The molecule has 0 bridgehead atoms. The molecule has 0 atom stereocenters. The van der Waals surface area contributed by atoms with Gasteiger partial charge in [-0.1, -0.05) is 23.2 Å². The highest BCUT2D eigenvalue weighted by atomic mass is 35.5. The molecule has 1 aliphatic heterocycles. The first-order chi connectivity index (χ1) is 12.1. The van der Waals surface area contributed by atoms with E-state index in [9.17, 15) is 18.0 Å². The molecule has 2 amide bonds. The number of hydrogen-bond donors (Lipinski definition) is 2. The highest BCUT2D eigenvalue weighted by Crippen LogP contribution is 2.32. The van der Waals surface area contributed by atoms with E-state index in [0.29, 0.717) is 21.1 Å². The maximum atomic E-state index is 12.5. The van der Waals surface area contributed by atoms with Crippen LogP contribution in [0.25, 0.3) is 10.9 Å². The Balaban J connectivity index is 1.71. The molecular weight excluding hydrogens is 403 g/mol. The molecule has 140 valence electrons. The molecule has 1 aromatic heterocycles. The number of fused-ring (bicyclic) bond motifs is 1. The van der Waals surface area contributed by atoms with Crippen molar-refractivity contribution in [2.75, 3.05) is 13.1 Å². The first-order valence-corrected chi connectivity index (χ1v) is 9.82. The third-order valence-electron chi connectivity index (χ3n) is 4.14. The fraction of sp³-hybridized carbons (Fsp3) is 0.333. The zero-order valence-electron chi connectivity index (χ0n) is 13.9. The van der Waals surface area contributed by atoms with Gasteiger partial charge in [0.05, 0.1) is 16.1 Å². The lowest BCUT2D eigenvalue weighted by Gasteiger charge is -2.37. The van der Waals surface area contributed by atoms with E-state index in [4.69, 9.17) is 23.2 Å². The van der Waals surface area contributed by atoms with Gasteiger partial charge in [-0.25, -0.2) is 4.72 Å². The van der Waals surface area contributed by atoms with Crippen LogP contribution in [-0.4, -0.2) is 48.2 Å². The maximum absolute atomic E-state index is 12.5. The monoisotopic (exact) mass is 418 g/mol. The lowest BCUT2D eigenvalue weighted by molar-refractivity contribution is -0.117. The van der Waals surface area contributed by atoms with E-state index in [1.54, 1.807) is 29.8 Å². The summed E-state index contributed by atoms with van der Waals surface area (Å²) in [5.74, 6) is -1.01. The molecule has 1 saturated heterocycles. The number of nitrogens with one attached hydrogen (secondary N) is 2. The zero-order valence-corrected chi connectivity index (χ0v) is 16.2. The van der Waals surface area contributed by atoms with Gasteiger partial charge in [-0.15, -0.1) is 0 Å². The molecule has 2 N–H and O–H groups in total. The van der Waals surface area contributed by atoms with E-state index < -0.39 is 16.1 Å². The number of benzene rings is 1. The lowest BCUT2D eigenvalue weighted by Crippen LogP contribution is -2.63. The lowest BCUT2D eigenvalue weighted by atomic mass is 10.2. The van der Waals surface area contributed by atoms with Crippen LogP contribution in [0.2, 0.25) is 10.0 Å². The number of aromatic nitrogens is 1. The molecule has 1 aliphatic rings.